The van der Waals surface area contributed by atoms with Crippen molar-refractivity contribution in [2.24, 2.45) is 0 Å². The number of nitrogens with zero attached hydrogens (tertiary/aromatic N) is 3. The Hall–Kier alpha value is -2.60. The lowest BCUT2D eigenvalue weighted by atomic mass is 10.2. The molecule has 2 aromatic heterocycles. The van der Waals surface area contributed by atoms with Crippen molar-refractivity contribution in [2.75, 3.05) is 5.32 Å². The number of hydrogen-bond donors (Lipinski definition) is 1. The molecule has 1 amide bonds. The fourth-order valence-corrected chi connectivity index (χ4v) is 2.60. The molecule has 0 spiro atoms. The minimum absolute atomic E-state index is 0.250. The molecule has 0 bridgehead atoms. The highest BCUT2D eigenvalue weighted by Gasteiger charge is 2.18. The number of fused-ring (bicyclic) bond motifs is 1. The zero-order chi connectivity index (χ0) is 18.0. The molecule has 3 rings (SSSR count). The predicted octanol–water partition coefficient (Wildman–Crippen LogP) is 4.51. The number of rotatable bonds is 3. The second-order valence-electron chi connectivity index (χ2n) is 6.50. The predicted molar refractivity (Wildman–Crippen MR) is 98.3 cm³/mol. The Morgan fingerprint density at radius 2 is 1.88 bits per heavy atom. The van der Waals surface area contributed by atoms with Crippen LogP contribution in [0.25, 0.3) is 16.9 Å². The van der Waals surface area contributed by atoms with Crippen molar-refractivity contribution in [3.8, 4) is 5.69 Å². The van der Waals surface area contributed by atoms with Gasteiger partial charge in [0.2, 0.25) is 0 Å². The van der Waals surface area contributed by atoms with Gasteiger partial charge >= 0.3 is 6.09 Å². The Balaban J connectivity index is 2.01. The molecule has 0 saturated carbocycles. The van der Waals surface area contributed by atoms with E-state index < -0.39 is 11.7 Å². The zero-order valence-corrected chi connectivity index (χ0v) is 15.0. The monoisotopic (exact) mass is 358 g/mol. The Labute approximate surface area is 150 Å². The molecule has 1 aromatic carbocycles. The quantitative estimate of drug-likeness (QED) is 0.699. The van der Waals surface area contributed by atoms with E-state index >= 15 is 0 Å². The van der Waals surface area contributed by atoms with Crippen molar-refractivity contribution in [3.63, 3.8) is 0 Å². The highest BCUT2D eigenvalue weighted by Crippen LogP contribution is 2.23. The van der Waals surface area contributed by atoms with Crippen LogP contribution in [-0.4, -0.2) is 26.2 Å². The Morgan fingerprint density at radius 1 is 1.16 bits per heavy atom. The van der Waals surface area contributed by atoms with E-state index in [0.29, 0.717) is 22.8 Å². The molecule has 130 valence electrons. The fraction of sp³-hybridized carbons (Fsp3) is 0.278. The smallest absolute Gasteiger partial charge is 0.413 e. The van der Waals surface area contributed by atoms with Crippen molar-refractivity contribution in [1.29, 1.82) is 0 Å². The number of halogens is 1. The van der Waals surface area contributed by atoms with Gasteiger partial charge in [-0.25, -0.2) is 14.8 Å². The van der Waals surface area contributed by atoms with Gasteiger partial charge in [-0.2, -0.15) is 0 Å². The van der Waals surface area contributed by atoms with Crippen LogP contribution < -0.4 is 5.32 Å². The maximum Gasteiger partial charge on any atom is 0.413 e. The molecule has 0 atom stereocenters. The maximum absolute atomic E-state index is 12.0. The first-order chi connectivity index (χ1) is 11.9. The maximum atomic E-state index is 12.0. The van der Waals surface area contributed by atoms with Gasteiger partial charge in [0, 0.05) is 5.69 Å². The Kier molecular flexibility index (Phi) is 4.63. The summed E-state index contributed by atoms with van der Waals surface area (Å²) in [5.41, 5.74) is 1.65. The van der Waals surface area contributed by atoms with Crippen LogP contribution in [0.2, 0.25) is 0 Å². The number of pyridine rings is 1. The number of ether oxygens (including phenoxy) is 1. The first-order valence-electron chi connectivity index (χ1n) is 7.87. The minimum atomic E-state index is -0.578. The third-order valence-electron chi connectivity index (χ3n) is 3.34. The molecule has 0 saturated heterocycles. The fourth-order valence-electron chi connectivity index (χ4n) is 2.42. The number of amides is 1. The summed E-state index contributed by atoms with van der Waals surface area (Å²) in [5.74, 6) is 1.32. The molecular weight excluding hydrogens is 340 g/mol. The van der Waals surface area contributed by atoms with Gasteiger partial charge in [-0.1, -0.05) is 18.2 Å². The van der Waals surface area contributed by atoms with Crippen LogP contribution in [0.4, 0.5) is 10.6 Å². The number of anilines is 1. The molecule has 6 nitrogen and oxygen atoms in total. The second-order valence-corrected chi connectivity index (χ2v) is 6.77. The third-order valence-corrected chi connectivity index (χ3v) is 3.58. The number of hydrogen-bond acceptors (Lipinski definition) is 4. The van der Waals surface area contributed by atoms with Gasteiger partial charge in [-0.15, -0.1) is 11.6 Å². The van der Waals surface area contributed by atoms with Crippen molar-refractivity contribution in [3.05, 3.63) is 48.3 Å². The molecule has 0 fully saturated rings. The molecule has 0 radical (unpaired) electrons. The SMILES string of the molecule is CC(C)(C)OC(=O)Nc1ccc2nc(CCl)n(-c3ccccc3)c2n1. The van der Waals surface area contributed by atoms with E-state index in [2.05, 4.69) is 15.3 Å². The molecule has 0 aliphatic heterocycles. The standard InChI is InChI=1S/C18H19ClN4O2/c1-18(2,3)25-17(24)22-14-10-9-13-16(21-14)23(15(11-19)20-13)12-7-5-4-6-8-12/h4-10H,11H2,1-3H3,(H,21,22,24). The summed E-state index contributed by atoms with van der Waals surface area (Å²) in [6.45, 7) is 5.42. The Bertz CT molecular complexity index is 901. The molecular formula is C18H19ClN4O2. The molecule has 3 aromatic rings. The van der Waals surface area contributed by atoms with Crippen LogP contribution >= 0.6 is 11.6 Å². The van der Waals surface area contributed by atoms with Gasteiger partial charge < -0.3 is 4.74 Å². The van der Waals surface area contributed by atoms with E-state index in [1.807, 2.05) is 34.9 Å². The zero-order valence-electron chi connectivity index (χ0n) is 14.3. The molecule has 0 aliphatic carbocycles. The van der Waals surface area contributed by atoms with Gasteiger partial charge in [0.1, 0.15) is 22.8 Å². The normalized spacial score (nSPS) is 11.5. The average molecular weight is 359 g/mol. The summed E-state index contributed by atoms with van der Waals surface area (Å²) >= 11 is 6.05. The van der Waals surface area contributed by atoms with Gasteiger partial charge in [0.05, 0.1) is 5.88 Å². The molecule has 0 unspecified atom stereocenters. The van der Waals surface area contributed by atoms with E-state index in [-0.39, 0.29) is 5.88 Å². The number of carbonyl (C=O) groups is 1. The molecule has 1 N–H and O–H groups in total. The van der Waals surface area contributed by atoms with Crippen molar-refractivity contribution >= 4 is 34.7 Å². The van der Waals surface area contributed by atoms with E-state index in [0.717, 1.165) is 5.69 Å². The second kappa shape index (κ2) is 6.72. The van der Waals surface area contributed by atoms with Crippen molar-refractivity contribution < 1.29 is 9.53 Å². The van der Waals surface area contributed by atoms with Gasteiger partial charge in [-0.05, 0) is 45.0 Å². The lowest BCUT2D eigenvalue weighted by molar-refractivity contribution is 0.0635. The van der Waals surface area contributed by atoms with Gasteiger partial charge in [0.15, 0.2) is 5.65 Å². The summed E-state index contributed by atoms with van der Waals surface area (Å²) in [4.78, 5) is 21.0. The van der Waals surface area contributed by atoms with Crippen LogP contribution in [0.3, 0.4) is 0 Å². The third kappa shape index (κ3) is 3.91. The number of aromatic nitrogens is 3. The number of nitrogens with one attached hydrogen (secondary N) is 1. The summed E-state index contributed by atoms with van der Waals surface area (Å²) in [6.07, 6.45) is -0.553. The van der Waals surface area contributed by atoms with Crippen LogP contribution in [0, 0.1) is 0 Å². The van der Waals surface area contributed by atoms with Crippen LogP contribution in [0.1, 0.15) is 26.6 Å². The molecule has 0 aliphatic rings. The summed E-state index contributed by atoms with van der Waals surface area (Å²) < 4.78 is 7.14. The number of benzene rings is 1. The first-order valence-corrected chi connectivity index (χ1v) is 8.40. The van der Waals surface area contributed by atoms with E-state index in [1.165, 1.54) is 0 Å². The largest absolute Gasteiger partial charge is 0.444 e. The molecule has 25 heavy (non-hydrogen) atoms. The lowest BCUT2D eigenvalue weighted by Crippen LogP contribution is -2.27. The lowest BCUT2D eigenvalue weighted by Gasteiger charge is -2.19. The van der Waals surface area contributed by atoms with Crippen LogP contribution in [0.5, 0.6) is 0 Å². The van der Waals surface area contributed by atoms with Crippen LogP contribution in [0.15, 0.2) is 42.5 Å². The number of para-hydroxylation sites is 1. The van der Waals surface area contributed by atoms with Crippen molar-refractivity contribution in [1.82, 2.24) is 14.5 Å². The summed E-state index contributed by atoms with van der Waals surface area (Å²) in [7, 11) is 0. The molecule has 7 heteroatoms. The summed E-state index contributed by atoms with van der Waals surface area (Å²) in [6, 6.07) is 13.2. The Morgan fingerprint density at radius 3 is 2.52 bits per heavy atom. The highest BCUT2D eigenvalue weighted by atomic mass is 35.5. The average Bonchev–Trinajstić information content (AvgIpc) is 2.91. The van der Waals surface area contributed by atoms with E-state index in [1.54, 1.807) is 32.9 Å². The molecule has 2 heterocycles. The highest BCUT2D eigenvalue weighted by molar-refractivity contribution is 6.17. The number of alkyl halides is 1. The van der Waals surface area contributed by atoms with Crippen LogP contribution in [-0.2, 0) is 10.6 Å². The number of imidazole rings is 1. The van der Waals surface area contributed by atoms with Gasteiger partial charge in [-0.3, -0.25) is 9.88 Å². The first kappa shape index (κ1) is 17.2. The topological polar surface area (TPSA) is 69.0 Å². The van der Waals surface area contributed by atoms with E-state index in [4.69, 9.17) is 16.3 Å². The van der Waals surface area contributed by atoms with Crippen molar-refractivity contribution in [2.45, 2.75) is 32.3 Å². The summed E-state index contributed by atoms with van der Waals surface area (Å²) in [5, 5.41) is 2.65. The number of carbonyl (C=O) groups excluding carboxylic acids is 1. The van der Waals surface area contributed by atoms with Gasteiger partial charge in [0.25, 0.3) is 0 Å². The van der Waals surface area contributed by atoms with E-state index in [9.17, 15) is 4.79 Å². The minimum Gasteiger partial charge on any atom is -0.444 e.